The van der Waals surface area contributed by atoms with Crippen LogP contribution in [-0.4, -0.2) is 69.6 Å². The summed E-state index contributed by atoms with van der Waals surface area (Å²) in [6.45, 7) is 9.24. The van der Waals surface area contributed by atoms with Crippen molar-refractivity contribution in [1.82, 2.24) is 0 Å². The first kappa shape index (κ1) is 48.9. The minimum atomic E-state index is -0.539. The first-order chi connectivity index (χ1) is 33.2. The van der Waals surface area contributed by atoms with E-state index in [2.05, 4.69) is 6.58 Å². The molecule has 354 valence electrons. The number of carbonyl (C=O) groups excluding carboxylic acids is 4. The van der Waals surface area contributed by atoms with Crippen molar-refractivity contribution in [1.29, 1.82) is 0 Å². The molecule has 0 saturated carbocycles. The lowest BCUT2D eigenvalue weighted by Crippen LogP contribution is -2.11. The van der Waals surface area contributed by atoms with Gasteiger partial charge in [-0.3, -0.25) is 0 Å². The number of esters is 4. The van der Waals surface area contributed by atoms with Crippen molar-refractivity contribution < 1.29 is 57.1 Å². The fraction of sp³-hybridized carbons (Fsp3) is 0.321. The van der Waals surface area contributed by atoms with Crippen molar-refractivity contribution in [3.05, 3.63) is 150 Å². The van der Waals surface area contributed by atoms with E-state index in [4.69, 9.17) is 37.9 Å². The highest BCUT2D eigenvalue weighted by Gasteiger charge is 2.22. The van der Waals surface area contributed by atoms with Crippen LogP contribution in [0.3, 0.4) is 0 Å². The maximum absolute atomic E-state index is 13.5. The number of benzene rings is 6. The molecule has 12 heteroatoms. The summed E-state index contributed by atoms with van der Waals surface area (Å²) in [5.41, 5.74) is 1.86. The Balaban J connectivity index is 0.862. The molecule has 6 aromatic rings. The van der Waals surface area contributed by atoms with E-state index >= 15 is 0 Å². The summed E-state index contributed by atoms with van der Waals surface area (Å²) in [5.74, 6) is 0.576. The second-order valence-corrected chi connectivity index (χ2v) is 16.6. The molecule has 1 saturated heterocycles. The van der Waals surface area contributed by atoms with Gasteiger partial charge in [-0.25, -0.2) is 19.2 Å². The van der Waals surface area contributed by atoms with Gasteiger partial charge in [0, 0.05) is 12.7 Å². The molecule has 0 bridgehead atoms. The summed E-state index contributed by atoms with van der Waals surface area (Å²) in [7, 11) is 0. The van der Waals surface area contributed by atoms with Crippen LogP contribution in [-0.2, 0) is 25.4 Å². The van der Waals surface area contributed by atoms with Crippen LogP contribution < -0.4 is 23.7 Å². The molecule has 68 heavy (non-hydrogen) atoms. The Morgan fingerprint density at radius 1 is 0.544 bits per heavy atom. The molecule has 1 aliphatic heterocycles. The van der Waals surface area contributed by atoms with Gasteiger partial charge in [-0.05, 0) is 169 Å². The van der Waals surface area contributed by atoms with E-state index < -0.39 is 23.9 Å². The summed E-state index contributed by atoms with van der Waals surface area (Å²) in [5, 5.41) is 3.34. The first-order valence-electron chi connectivity index (χ1n) is 23.5. The van der Waals surface area contributed by atoms with Crippen molar-refractivity contribution in [3.8, 4) is 28.7 Å². The average molecular weight is 923 g/mol. The van der Waals surface area contributed by atoms with Crippen LogP contribution in [0.5, 0.6) is 28.7 Å². The molecule has 0 amide bonds. The summed E-state index contributed by atoms with van der Waals surface area (Å²) in [4.78, 5) is 50.9. The fourth-order valence-electron chi connectivity index (χ4n) is 7.42. The highest BCUT2D eigenvalue weighted by molar-refractivity contribution is 5.98. The molecule has 7 rings (SSSR count). The minimum Gasteiger partial charge on any atom is -0.494 e. The SMILES string of the molecule is C=CC(=O)OCCCCCCOc1ccc2cc(C(=O)Oc3ccc(OC(=O)c4ccc5cc(OC(=O)c6ccc(OCCCCCCOCC7CO7)cc6)ccc5c4)c(CCC)c3)ccc2c1. The predicted octanol–water partition coefficient (Wildman–Crippen LogP) is 11.6. The molecule has 1 aliphatic rings. The zero-order valence-electron chi connectivity index (χ0n) is 38.5. The van der Waals surface area contributed by atoms with Gasteiger partial charge < -0.3 is 37.9 Å². The van der Waals surface area contributed by atoms with Gasteiger partial charge in [0.15, 0.2) is 0 Å². The lowest BCUT2D eigenvalue weighted by Gasteiger charge is -2.13. The second-order valence-electron chi connectivity index (χ2n) is 16.6. The summed E-state index contributed by atoms with van der Waals surface area (Å²) < 4.78 is 44.9. The van der Waals surface area contributed by atoms with Gasteiger partial charge in [0.2, 0.25) is 0 Å². The molecule has 1 heterocycles. The molecule has 0 aliphatic carbocycles. The van der Waals surface area contributed by atoms with Crippen LogP contribution in [0.4, 0.5) is 0 Å². The smallest absolute Gasteiger partial charge is 0.343 e. The summed E-state index contributed by atoms with van der Waals surface area (Å²) in [6, 6.07) is 33.4. The Morgan fingerprint density at radius 3 is 1.66 bits per heavy atom. The molecule has 1 atom stereocenters. The van der Waals surface area contributed by atoms with Gasteiger partial charge in [0.25, 0.3) is 0 Å². The third-order valence-corrected chi connectivity index (χ3v) is 11.2. The van der Waals surface area contributed by atoms with Crippen molar-refractivity contribution >= 4 is 45.4 Å². The predicted molar refractivity (Wildman–Crippen MR) is 259 cm³/mol. The largest absolute Gasteiger partial charge is 0.494 e. The van der Waals surface area contributed by atoms with Gasteiger partial charge >= 0.3 is 23.9 Å². The Morgan fingerprint density at radius 2 is 1.03 bits per heavy atom. The second kappa shape index (κ2) is 25.2. The minimum absolute atomic E-state index is 0.308. The van der Waals surface area contributed by atoms with Gasteiger partial charge in [-0.15, -0.1) is 0 Å². The van der Waals surface area contributed by atoms with E-state index in [1.807, 2.05) is 31.2 Å². The molecule has 1 unspecified atom stereocenters. The number of carbonyl (C=O) groups is 4. The van der Waals surface area contributed by atoms with Gasteiger partial charge in [0.1, 0.15) is 34.9 Å². The first-order valence-corrected chi connectivity index (χ1v) is 23.5. The molecular weight excluding hydrogens is 865 g/mol. The van der Waals surface area contributed by atoms with Gasteiger partial charge in [-0.1, -0.05) is 50.6 Å². The maximum atomic E-state index is 13.5. The van der Waals surface area contributed by atoms with Crippen LogP contribution in [0.25, 0.3) is 21.5 Å². The number of epoxide rings is 1. The highest BCUT2D eigenvalue weighted by Crippen LogP contribution is 2.30. The Hall–Kier alpha value is -7.02. The zero-order chi connectivity index (χ0) is 47.5. The lowest BCUT2D eigenvalue weighted by atomic mass is 10.1. The monoisotopic (exact) mass is 922 g/mol. The number of unbranched alkanes of at least 4 members (excludes halogenated alkanes) is 6. The van der Waals surface area contributed by atoms with Crippen LogP contribution >= 0.6 is 0 Å². The van der Waals surface area contributed by atoms with Crippen molar-refractivity contribution in [2.75, 3.05) is 39.6 Å². The molecule has 0 aromatic heterocycles. The van der Waals surface area contributed by atoms with Crippen molar-refractivity contribution in [3.63, 3.8) is 0 Å². The van der Waals surface area contributed by atoms with Gasteiger partial charge in [-0.2, -0.15) is 0 Å². The molecule has 12 nitrogen and oxygen atoms in total. The topological polar surface area (TPSA) is 145 Å². The third-order valence-electron chi connectivity index (χ3n) is 11.2. The van der Waals surface area contributed by atoms with E-state index in [1.165, 1.54) is 0 Å². The highest BCUT2D eigenvalue weighted by atomic mass is 16.6. The van der Waals surface area contributed by atoms with Crippen molar-refractivity contribution in [2.24, 2.45) is 0 Å². The fourth-order valence-corrected chi connectivity index (χ4v) is 7.42. The standard InChI is InChI=1S/C56H58O12/c1-3-13-44-36-50(67-55(59)45-16-14-42-34-48(24-20-40(42)32-45)63-30-11-7-8-12-31-64-53(57)4-2)26-27-52(44)68-56(60)46-17-15-43-35-49(25-21-41(43)33-46)66-54(58)39-18-22-47(23-19-39)62-29-10-6-5-9-28-61-37-51-38-65-51/h4,14-27,32-36,51H,2-3,5-13,28-31,37-38H2,1H3. The quantitative estimate of drug-likeness (QED) is 0.0159. The lowest BCUT2D eigenvalue weighted by molar-refractivity contribution is -0.137. The van der Waals surface area contributed by atoms with E-state index in [9.17, 15) is 19.2 Å². The molecule has 0 spiro atoms. The number of hydrogen-bond donors (Lipinski definition) is 0. The van der Waals surface area contributed by atoms with E-state index in [-0.39, 0.29) is 0 Å². The van der Waals surface area contributed by atoms with Gasteiger partial charge in [0.05, 0.1) is 49.7 Å². The Bertz CT molecular complexity index is 2670. The van der Waals surface area contributed by atoms with Crippen molar-refractivity contribution in [2.45, 2.75) is 77.2 Å². The number of hydrogen-bond acceptors (Lipinski definition) is 12. The van der Waals surface area contributed by atoms with E-state index in [0.717, 1.165) is 110 Å². The maximum Gasteiger partial charge on any atom is 0.343 e. The Labute approximate surface area is 397 Å². The number of aryl methyl sites for hydroxylation is 1. The molecule has 1 fully saturated rings. The number of rotatable bonds is 27. The third kappa shape index (κ3) is 15.0. The molecule has 0 radical (unpaired) electrons. The van der Waals surface area contributed by atoms with Crippen LogP contribution in [0, 0.1) is 0 Å². The van der Waals surface area contributed by atoms with Crippen LogP contribution in [0.1, 0.15) is 101 Å². The summed E-state index contributed by atoms with van der Waals surface area (Å²) in [6.07, 6.45) is 10.5. The zero-order valence-corrected chi connectivity index (χ0v) is 38.5. The summed E-state index contributed by atoms with van der Waals surface area (Å²) >= 11 is 0. The normalized spacial score (nSPS) is 12.9. The average Bonchev–Trinajstić information content (AvgIpc) is 4.19. The number of ether oxygens (including phenoxy) is 8. The number of fused-ring (bicyclic) bond motifs is 2. The molecule has 6 aromatic carbocycles. The van der Waals surface area contributed by atoms with Crippen LogP contribution in [0.15, 0.2) is 128 Å². The molecule has 0 N–H and O–H groups in total. The van der Waals surface area contributed by atoms with E-state index in [1.54, 1.807) is 91.0 Å². The molecular formula is C56H58O12. The van der Waals surface area contributed by atoms with E-state index in [0.29, 0.717) is 78.6 Å². The Kier molecular flexibility index (Phi) is 18.1. The van der Waals surface area contributed by atoms with Crippen LogP contribution in [0.2, 0.25) is 0 Å².